The van der Waals surface area contributed by atoms with E-state index in [9.17, 15) is 0 Å². The largest absolute Gasteiger partial charge is 0.496 e. The number of benzene rings is 3. The summed E-state index contributed by atoms with van der Waals surface area (Å²) in [6, 6.07) is 20.5. The molecule has 0 bridgehead atoms. The predicted octanol–water partition coefficient (Wildman–Crippen LogP) is 5.94. The minimum Gasteiger partial charge on any atom is -0.496 e. The average Bonchev–Trinajstić information content (AvgIpc) is 2.53. The highest BCUT2D eigenvalue weighted by Gasteiger charge is 2.16. The normalized spacial score (nSPS) is 12.3. The van der Waals surface area contributed by atoms with E-state index in [0.29, 0.717) is 0 Å². The van der Waals surface area contributed by atoms with Crippen molar-refractivity contribution >= 4 is 38.3 Å². The SMILES string of the molecule is COc1ccc(Br)cc1C(Cl)c1ccc2ccccc2c1. The molecule has 0 spiro atoms. The van der Waals surface area contributed by atoms with Crippen molar-refractivity contribution in [3.63, 3.8) is 0 Å². The number of alkyl halides is 1. The molecule has 0 N–H and O–H groups in total. The van der Waals surface area contributed by atoms with E-state index in [1.54, 1.807) is 7.11 Å². The van der Waals surface area contributed by atoms with Gasteiger partial charge >= 0.3 is 0 Å². The molecule has 3 rings (SSSR count). The summed E-state index contributed by atoms with van der Waals surface area (Å²) in [6.45, 7) is 0. The Morgan fingerprint density at radius 1 is 0.952 bits per heavy atom. The molecule has 0 aliphatic heterocycles. The van der Waals surface area contributed by atoms with Gasteiger partial charge in [0.05, 0.1) is 12.5 Å². The lowest BCUT2D eigenvalue weighted by Gasteiger charge is -2.15. The first-order valence-corrected chi connectivity index (χ1v) is 7.88. The summed E-state index contributed by atoms with van der Waals surface area (Å²) in [5, 5.41) is 2.16. The summed E-state index contributed by atoms with van der Waals surface area (Å²) in [5.41, 5.74) is 2.02. The van der Waals surface area contributed by atoms with Crippen LogP contribution >= 0.6 is 27.5 Å². The third-order valence-electron chi connectivity index (χ3n) is 3.53. The van der Waals surface area contributed by atoms with Crippen molar-refractivity contribution in [2.24, 2.45) is 0 Å². The lowest BCUT2D eigenvalue weighted by atomic mass is 10.00. The molecule has 0 heterocycles. The van der Waals surface area contributed by atoms with Crippen LogP contribution in [0, 0.1) is 0 Å². The molecular weight excluding hydrogens is 348 g/mol. The van der Waals surface area contributed by atoms with Crippen LogP contribution in [0.5, 0.6) is 5.75 Å². The fraction of sp³-hybridized carbons (Fsp3) is 0.111. The smallest absolute Gasteiger partial charge is 0.123 e. The second kappa shape index (κ2) is 6.08. The molecule has 1 atom stereocenters. The molecule has 0 aliphatic rings. The molecule has 0 aliphatic carbocycles. The molecule has 0 saturated carbocycles. The van der Waals surface area contributed by atoms with E-state index in [1.807, 2.05) is 30.3 Å². The average molecular weight is 362 g/mol. The van der Waals surface area contributed by atoms with E-state index >= 15 is 0 Å². The zero-order valence-electron chi connectivity index (χ0n) is 11.5. The van der Waals surface area contributed by atoms with Gasteiger partial charge in [0.1, 0.15) is 5.75 Å². The Morgan fingerprint density at radius 3 is 2.48 bits per heavy atom. The zero-order chi connectivity index (χ0) is 14.8. The van der Waals surface area contributed by atoms with E-state index in [0.717, 1.165) is 21.3 Å². The van der Waals surface area contributed by atoms with Gasteiger partial charge in [-0.15, -0.1) is 11.6 Å². The van der Waals surface area contributed by atoms with E-state index < -0.39 is 0 Å². The minimum absolute atomic E-state index is 0.248. The van der Waals surface area contributed by atoms with Gasteiger partial charge in [0.2, 0.25) is 0 Å². The summed E-state index contributed by atoms with van der Waals surface area (Å²) in [7, 11) is 1.66. The summed E-state index contributed by atoms with van der Waals surface area (Å²) in [4.78, 5) is 0. The number of halogens is 2. The number of ether oxygens (including phenoxy) is 1. The Balaban J connectivity index is 2.07. The quantitative estimate of drug-likeness (QED) is 0.525. The second-order valence-electron chi connectivity index (χ2n) is 4.86. The predicted molar refractivity (Wildman–Crippen MR) is 92.3 cm³/mol. The molecule has 3 heteroatoms. The Labute approximate surface area is 137 Å². The number of hydrogen-bond acceptors (Lipinski definition) is 1. The number of hydrogen-bond donors (Lipinski definition) is 0. The topological polar surface area (TPSA) is 9.23 Å². The van der Waals surface area contributed by atoms with Crippen LogP contribution in [0.4, 0.5) is 0 Å². The lowest BCUT2D eigenvalue weighted by Crippen LogP contribution is -1.97. The maximum absolute atomic E-state index is 6.69. The van der Waals surface area contributed by atoms with Crippen molar-refractivity contribution in [1.82, 2.24) is 0 Å². The van der Waals surface area contributed by atoms with Gasteiger partial charge in [0, 0.05) is 10.0 Å². The van der Waals surface area contributed by atoms with Crippen LogP contribution in [-0.2, 0) is 0 Å². The van der Waals surface area contributed by atoms with Gasteiger partial charge in [0.25, 0.3) is 0 Å². The van der Waals surface area contributed by atoms with E-state index in [4.69, 9.17) is 16.3 Å². The Hall–Kier alpha value is -1.51. The van der Waals surface area contributed by atoms with Gasteiger partial charge in [-0.1, -0.05) is 52.3 Å². The molecule has 21 heavy (non-hydrogen) atoms. The number of fused-ring (bicyclic) bond motifs is 1. The van der Waals surface area contributed by atoms with E-state index in [1.165, 1.54) is 10.8 Å². The Bertz CT molecular complexity index is 785. The molecule has 0 saturated heterocycles. The fourth-order valence-electron chi connectivity index (χ4n) is 2.45. The summed E-state index contributed by atoms with van der Waals surface area (Å²) >= 11 is 10.2. The van der Waals surface area contributed by atoms with Crippen LogP contribution in [0.15, 0.2) is 65.1 Å². The first-order valence-electron chi connectivity index (χ1n) is 6.65. The standard InChI is InChI=1S/C18H14BrClO/c1-21-17-9-8-15(19)11-16(17)18(20)14-7-6-12-4-2-3-5-13(12)10-14/h2-11,18H,1H3. The van der Waals surface area contributed by atoms with Crippen molar-refractivity contribution in [2.45, 2.75) is 5.38 Å². The van der Waals surface area contributed by atoms with Gasteiger partial charge in [0.15, 0.2) is 0 Å². The summed E-state index contributed by atoms with van der Waals surface area (Å²) in [5.74, 6) is 0.798. The van der Waals surface area contributed by atoms with Crippen molar-refractivity contribution < 1.29 is 4.74 Å². The molecule has 106 valence electrons. The van der Waals surface area contributed by atoms with Crippen LogP contribution in [0.25, 0.3) is 10.8 Å². The van der Waals surface area contributed by atoms with Gasteiger partial charge < -0.3 is 4.74 Å². The second-order valence-corrected chi connectivity index (χ2v) is 6.21. The maximum atomic E-state index is 6.69. The van der Waals surface area contributed by atoms with Crippen LogP contribution in [-0.4, -0.2) is 7.11 Å². The molecular formula is C18H14BrClO. The van der Waals surface area contributed by atoms with Crippen LogP contribution in [0.2, 0.25) is 0 Å². The third-order valence-corrected chi connectivity index (χ3v) is 4.51. The first kappa shape index (κ1) is 14.4. The monoisotopic (exact) mass is 360 g/mol. The Kier molecular flexibility index (Phi) is 4.18. The summed E-state index contributed by atoms with van der Waals surface area (Å²) < 4.78 is 6.42. The maximum Gasteiger partial charge on any atom is 0.123 e. The highest BCUT2D eigenvalue weighted by Crippen LogP contribution is 2.37. The molecule has 0 fully saturated rings. The molecule has 0 aromatic heterocycles. The van der Waals surface area contributed by atoms with Crippen LogP contribution in [0.3, 0.4) is 0 Å². The lowest BCUT2D eigenvalue weighted by molar-refractivity contribution is 0.410. The number of methoxy groups -OCH3 is 1. The van der Waals surface area contributed by atoms with Crippen molar-refractivity contribution in [2.75, 3.05) is 7.11 Å². The zero-order valence-corrected chi connectivity index (χ0v) is 13.9. The van der Waals surface area contributed by atoms with Crippen molar-refractivity contribution in [3.05, 3.63) is 76.3 Å². The molecule has 1 nitrogen and oxygen atoms in total. The highest BCUT2D eigenvalue weighted by molar-refractivity contribution is 9.10. The molecule has 1 unspecified atom stereocenters. The van der Waals surface area contributed by atoms with Gasteiger partial charge in [-0.2, -0.15) is 0 Å². The molecule has 3 aromatic carbocycles. The molecule has 0 radical (unpaired) electrons. The minimum atomic E-state index is -0.248. The van der Waals surface area contributed by atoms with E-state index in [-0.39, 0.29) is 5.38 Å². The van der Waals surface area contributed by atoms with Gasteiger partial charge in [-0.05, 0) is 40.6 Å². The fourth-order valence-corrected chi connectivity index (χ4v) is 3.13. The molecule has 0 amide bonds. The number of rotatable bonds is 3. The first-order chi connectivity index (χ1) is 10.2. The van der Waals surface area contributed by atoms with Gasteiger partial charge in [-0.25, -0.2) is 0 Å². The molecule has 3 aromatic rings. The van der Waals surface area contributed by atoms with Crippen molar-refractivity contribution in [3.8, 4) is 5.75 Å². The highest BCUT2D eigenvalue weighted by atomic mass is 79.9. The van der Waals surface area contributed by atoms with E-state index in [2.05, 4.69) is 46.3 Å². The van der Waals surface area contributed by atoms with Crippen molar-refractivity contribution in [1.29, 1.82) is 0 Å². The third kappa shape index (κ3) is 2.92. The van der Waals surface area contributed by atoms with Crippen LogP contribution in [0.1, 0.15) is 16.5 Å². The van der Waals surface area contributed by atoms with Gasteiger partial charge in [-0.3, -0.25) is 0 Å². The Morgan fingerprint density at radius 2 is 1.71 bits per heavy atom. The van der Waals surface area contributed by atoms with Crippen LogP contribution < -0.4 is 4.74 Å². The summed E-state index contributed by atoms with van der Waals surface area (Å²) in [6.07, 6.45) is 0.